The Balaban J connectivity index is 1.91. The van der Waals surface area contributed by atoms with E-state index < -0.39 is 22.2 Å². The summed E-state index contributed by atoms with van der Waals surface area (Å²) in [5.41, 5.74) is 0. The molecule has 7 nitrogen and oxygen atoms in total. The monoisotopic (exact) mass is 306 g/mol. The number of carbonyl (C=O) groups is 1. The van der Waals surface area contributed by atoms with Crippen molar-refractivity contribution in [2.75, 3.05) is 19.7 Å². The van der Waals surface area contributed by atoms with Crippen molar-refractivity contribution in [3.05, 3.63) is 0 Å². The van der Waals surface area contributed by atoms with E-state index in [0.29, 0.717) is 38.8 Å². The molecule has 116 valence electrons. The van der Waals surface area contributed by atoms with E-state index in [1.54, 1.807) is 6.92 Å². The van der Waals surface area contributed by atoms with Crippen molar-refractivity contribution < 1.29 is 23.1 Å². The molecule has 1 aliphatic carbocycles. The maximum Gasteiger partial charge on any atom is 0.324 e. The van der Waals surface area contributed by atoms with Crippen molar-refractivity contribution in [2.45, 2.75) is 44.8 Å². The molecule has 20 heavy (non-hydrogen) atoms. The van der Waals surface area contributed by atoms with Crippen LogP contribution in [0.25, 0.3) is 0 Å². The average molecular weight is 306 g/mol. The molecule has 0 aromatic carbocycles. The molecule has 2 fully saturated rings. The van der Waals surface area contributed by atoms with Gasteiger partial charge in [0.1, 0.15) is 6.04 Å². The molecule has 0 aromatic heterocycles. The Morgan fingerprint density at radius 2 is 2.15 bits per heavy atom. The molecule has 0 aromatic rings. The molecular formula is C12H22N2O5S. The van der Waals surface area contributed by atoms with Gasteiger partial charge in [-0.3, -0.25) is 4.79 Å². The first-order valence-corrected chi connectivity index (χ1v) is 8.49. The zero-order valence-electron chi connectivity index (χ0n) is 11.6. The molecule has 1 unspecified atom stereocenters. The van der Waals surface area contributed by atoms with Gasteiger partial charge in [-0.2, -0.15) is 12.7 Å². The van der Waals surface area contributed by atoms with E-state index >= 15 is 0 Å². The van der Waals surface area contributed by atoms with Gasteiger partial charge >= 0.3 is 5.97 Å². The molecule has 1 heterocycles. The summed E-state index contributed by atoms with van der Waals surface area (Å²) in [6.07, 6.45) is 2.12. The lowest BCUT2D eigenvalue weighted by atomic mass is 9.83. The summed E-state index contributed by atoms with van der Waals surface area (Å²) in [6.45, 7) is 2.60. The van der Waals surface area contributed by atoms with Crippen molar-refractivity contribution in [2.24, 2.45) is 5.92 Å². The highest BCUT2D eigenvalue weighted by Gasteiger charge is 2.40. The number of aliphatic hydroxyl groups is 1. The minimum Gasteiger partial charge on any atom is -0.465 e. The summed E-state index contributed by atoms with van der Waals surface area (Å²) in [7, 11) is -3.66. The Morgan fingerprint density at radius 3 is 2.75 bits per heavy atom. The molecule has 0 amide bonds. The van der Waals surface area contributed by atoms with Crippen molar-refractivity contribution in [3.8, 4) is 0 Å². The predicted molar refractivity (Wildman–Crippen MR) is 72.0 cm³/mol. The van der Waals surface area contributed by atoms with E-state index in [1.807, 2.05) is 0 Å². The Hall–Kier alpha value is -0.700. The highest BCUT2D eigenvalue weighted by Crippen LogP contribution is 2.27. The summed E-state index contributed by atoms with van der Waals surface area (Å²) < 4.78 is 33.1. The number of nitrogens with zero attached hydrogens (tertiary/aromatic N) is 1. The molecule has 0 radical (unpaired) electrons. The Kier molecular flexibility index (Phi) is 5.00. The molecule has 1 atom stereocenters. The zero-order valence-corrected chi connectivity index (χ0v) is 12.4. The van der Waals surface area contributed by atoms with Crippen LogP contribution in [-0.4, -0.2) is 55.6 Å². The highest BCUT2D eigenvalue weighted by molar-refractivity contribution is 7.87. The first-order valence-electron chi connectivity index (χ1n) is 7.05. The number of ether oxygens (including phenoxy) is 1. The molecule has 2 N–H and O–H groups in total. The van der Waals surface area contributed by atoms with Crippen LogP contribution in [0.1, 0.15) is 32.6 Å². The summed E-state index contributed by atoms with van der Waals surface area (Å²) in [5, 5.41) is 9.18. The smallest absolute Gasteiger partial charge is 0.324 e. The normalized spacial score (nSPS) is 31.0. The fourth-order valence-electron chi connectivity index (χ4n) is 2.68. The van der Waals surface area contributed by atoms with Gasteiger partial charge in [-0.15, -0.1) is 0 Å². The number of aliphatic hydroxyl groups excluding tert-OH is 1. The second kappa shape index (κ2) is 6.38. The lowest BCUT2D eigenvalue weighted by Crippen LogP contribution is -2.49. The standard InChI is InChI=1S/C12H22N2O5S/c1-2-19-12(16)11-4-3-5-14(11)20(17,18)13-8-9-6-10(15)7-9/h9-11,13,15H,2-8H2,1H3. The highest BCUT2D eigenvalue weighted by atomic mass is 32.2. The molecule has 0 spiro atoms. The second-order valence-electron chi connectivity index (χ2n) is 5.37. The van der Waals surface area contributed by atoms with Gasteiger partial charge < -0.3 is 9.84 Å². The van der Waals surface area contributed by atoms with E-state index in [9.17, 15) is 18.3 Å². The van der Waals surface area contributed by atoms with Gasteiger partial charge in [-0.25, -0.2) is 4.72 Å². The van der Waals surface area contributed by atoms with Crippen LogP contribution < -0.4 is 4.72 Å². The number of rotatable bonds is 6. The molecular weight excluding hydrogens is 284 g/mol. The molecule has 1 saturated carbocycles. The third-order valence-corrected chi connectivity index (χ3v) is 5.42. The minimum absolute atomic E-state index is 0.184. The van der Waals surface area contributed by atoms with Crippen LogP contribution >= 0.6 is 0 Å². The second-order valence-corrected chi connectivity index (χ2v) is 7.07. The first-order chi connectivity index (χ1) is 9.44. The maximum absolute atomic E-state index is 12.2. The number of hydrogen-bond donors (Lipinski definition) is 2. The van der Waals surface area contributed by atoms with Gasteiger partial charge in [0.25, 0.3) is 10.2 Å². The molecule has 1 saturated heterocycles. The molecule has 2 aliphatic rings. The number of hydrogen-bond acceptors (Lipinski definition) is 5. The van der Waals surface area contributed by atoms with Crippen LogP contribution in [0.5, 0.6) is 0 Å². The van der Waals surface area contributed by atoms with Gasteiger partial charge in [0.15, 0.2) is 0 Å². The van der Waals surface area contributed by atoms with E-state index in [0.717, 1.165) is 0 Å². The maximum atomic E-state index is 12.2. The minimum atomic E-state index is -3.66. The van der Waals surface area contributed by atoms with E-state index in [1.165, 1.54) is 4.31 Å². The van der Waals surface area contributed by atoms with Gasteiger partial charge in [-0.05, 0) is 38.5 Å². The number of esters is 1. The third-order valence-electron chi connectivity index (χ3n) is 3.84. The molecule has 0 bridgehead atoms. The van der Waals surface area contributed by atoms with Gasteiger partial charge in [0.05, 0.1) is 12.7 Å². The van der Waals surface area contributed by atoms with Crippen LogP contribution in [-0.2, 0) is 19.7 Å². The van der Waals surface area contributed by atoms with Crippen molar-refractivity contribution in [3.63, 3.8) is 0 Å². The fourth-order valence-corrected chi connectivity index (χ4v) is 4.18. The van der Waals surface area contributed by atoms with E-state index in [4.69, 9.17) is 4.74 Å². The topological polar surface area (TPSA) is 95.9 Å². The summed E-state index contributed by atoms with van der Waals surface area (Å²) in [4.78, 5) is 11.8. The molecule has 2 rings (SSSR count). The van der Waals surface area contributed by atoms with Crippen molar-refractivity contribution in [1.29, 1.82) is 0 Å². The first kappa shape index (κ1) is 15.7. The van der Waals surface area contributed by atoms with Crippen LogP contribution in [0.15, 0.2) is 0 Å². The van der Waals surface area contributed by atoms with Crippen LogP contribution in [0.3, 0.4) is 0 Å². The van der Waals surface area contributed by atoms with Crippen LogP contribution in [0.4, 0.5) is 0 Å². The van der Waals surface area contributed by atoms with Gasteiger partial charge in [-0.1, -0.05) is 0 Å². The number of nitrogens with one attached hydrogen (secondary N) is 1. The Labute approximate surface area is 119 Å². The summed E-state index contributed by atoms with van der Waals surface area (Å²) in [5.74, 6) is -0.294. The number of carbonyl (C=O) groups excluding carboxylic acids is 1. The van der Waals surface area contributed by atoms with Crippen molar-refractivity contribution >= 4 is 16.2 Å². The fraction of sp³-hybridized carbons (Fsp3) is 0.917. The SMILES string of the molecule is CCOC(=O)C1CCCN1S(=O)(=O)NCC1CC(O)C1. The van der Waals surface area contributed by atoms with Gasteiger partial charge in [0, 0.05) is 13.1 Å². The average Bonchev–Trinajstić information content (AvgIpc) is 2.83. The quantitative estimate of drug-likeness (QED) is 0.652. The van der Waals surface area contributed by atoms with Crippen molar-refractivity contribution in [1.82, 2.24) is 9.03 Å². The summed E-state index contributed by atoms with van der Waals surface area (Å²) in [6, 6.07) is -0.709. The molecule has 1 aliphatic heterocycles. The Morgan fingerprint density at radius 1 is 1.45 bits per heavy atom. The van der Waals surface area contributed by atoms with Gasteiger partial charge in [0.2, 0.25) is 0 Å². The lowest BCUT2D eigenvalue weighted by Gasteiger charge is -2.32. The van der Waals surface area contributed by atoms with Crippen LogP contribution in [0.2, 0.25) is 0 Å². The van der Waals surface area contributed by atoms with E-state index in [2.05, 4.69) is 4.72 Å². The zero-order chi connectivity index (χ0) is 14.8. The largest absolute Gasteiger partial charge is 0.465 e. The Bertz CT molecular complexity index is 447. The summed E-state index contributed by atoms with van der Waals surface area (Å²) >= 11 is 0. The molecule has 8 heteroatoms. The predicted octanol–water partition coefficient (Wildman–Crippen LogP) is -0.381. The third kappa shape index (κ3) is 3.49. The lowest BCUT2D eigenvalue weighted by molar-refractivity contribution is -0.146. The van der Waals surface area contributed by atoms with Crippen LogP contribution in [0, 0.1) is 5.92 Å². The van der Waals surface area contributed by atoms with E-state index in [-0.39, 0.29) is 18.6 Å².